The molecule has 0 saturated carbocycles. The average Bonchev–Trinajstić information content (AvgIpc) is 2.70. The van der Waals surface area contributed by atoms with E-state index in [1.54, 1.807) is 6.92 Å². The molecule has 4 nitrogen and oxygen atoms in total. The van der Waals surface area contributed by atoms with E-state index >= 15 is 0 Å². The van der Waals surface area contributed by atoms with Gasteiger partial charge in [0.05, 0.1) is 18.1 Å². The molecule has 1 aromatic heterocycles. The van der Waals surface area contributed by atoms with Gasteiger partial charge in [-0.25, -0.2) is 4.79 Å². The van der Waals surface area contributed by atoms with Crippen LogP contribution in [-0.4, -0.2) is 24.3 Å². The lowest BCUT2D eigenvalue weighted by Crippen LogP contribution is -1.94. The van der Waals surface area contributed by atoms with Crippen molar-refractivity contribution in [3.63, 3.8) is 0 Å². The molecule has 1 aromatic rings. The number of aryl methyl sites for hydroxylation is 1. The molecule has 0 spiro atoms. The third-order valence-electron chi connectivity index (χ3n) is 1.99. The number of carboxylic acid groups (broad SMARTS) is 1. The van der Waals surface area contributed by atoms with Crippen molar-refractivity contribution < 1.29 is 19.4 Å². The van der Waals surface area contributed by atoms with Crippen LogP contribution >= 0.6 is 11.3 Å². The second kappa shape index (κ2) is 3.68. The van der Waals surface area contributed by atoms with E-state index < -0.39 is 5.97 Å². The predicted octanol–water partition coefficient (Wildman–Crippen LogP) is 1.80. The zero-order valence-electron chi connectivity index (χ0n) is 7.65. The maximum Gasteiger partial charge on any atom is 0.346 e. The van der Waals surface area contributed by atoms with Gasteiger partial charge >= 0.3 is 5.97 Å². The molecule has 0 atom stereocenters. The highest BCUT2D eigenvalue weighted by molar-refractivity contribution is 7.14. The number of ether oxygens (including phenoxy) is 2. The molecule has 0 amide bonds. The van der Waals surface area contributed by atoms with Gasteiger partial charge in [-0.2, -0.15) is 0 Å². The van der Waals surface area contributed by atoms with Crippen LogP contribution in [0.2, 0.25) is 0 Å². The Morgan fingerprint density at radius 3 is 2.71 bits per heavy atom. The first-order chi connectivity index (χ1) is 6.68. The zero-order valence-corrected chi connectivity index (χ0v) is 8.47. The van der Waals surface area contributed by atoms with Gasteiger partial charge in [0.2, 0.25) is 0 Å². The van der Waals surface area contributed by atoms with Crippen molar-refractivity contribution in [1.29, 1.82) is 0 Å². The van der Waals surface area contributed by atoms with Crippen molar-refractivity contribution >= 4 is 17.3 Å². The van der Waals surface area contributed by atoms with Crippen molar-refractivity contribution in [3.05, 3.63) is 21.4 Å². The van der Waals surface area contributed by atoms with Crippen LogP contribution in [-0.2, 0) is 9.47 Å². The fraction of sp³-hybridized carbons (Fsp3) is 0.444. The highest BCUT2D eigenvalue weighted by atomic mass is 32.1. The molecule has 14 heavy (non-hydrogen) atoms. The maximum absolute atomic E-state index is 10.8. The Morgan fingerprint density at radius 2 is 2.21 bits per heavy atom. The smallest absolute Gasteiger partial charge is 0.346 e. The molecule has 1 aliphatic heterocycles. The van der Waals surface area contributed by atoms with Gasteiger partial charge in [0, 0.05) is 0 Å². The van der Waals surface area contributed by atoms with E-state index in [1.807, 2.05) is 6.07 Å². The Balaban J connectivity index is 2.27. The molecule has 5 heteroatoms. The largest absolute Gasteiger partial charge is 0.477 e. The molecule has 2 rings (SSSR count). The minimum Gasteiger partial charge on any atom is -0.477 e. The van der Waals surface area contributed by atoms with Crippen LogP contribution < -0.4 is 0 Å². The van der Waals surface area contributed by atoms with E-state index in [0.717, 1.165) is 10.4 Å². The predicted molar refractivity (Wildman–Crippen MR) is 50.7 cm³/mol. The number of aromatic carboxylic acids is 1. The zero-order chi connectivity index (χ0) is 10.1. The topological polar surface area (TPSA) is 55.8 Å². The van der Waals surface area contributed by atoms with Gasteiger partial charge in [-0.3, -0.25) is 0 Å². The van der Waals surface area contributed by atoms with Crippen LogP contribution in [0.4, 0.5) is 0 Å². The fourth-order valence-electron chi connectivity index (χ4n) is 1.36. The summed E-state index contributed by atoms with van der Waals surface area (Å²) in [6, 6.07) is 1.81. The summed E-state index contributed by atoms with van der Waals surface area (Å²) < 4.78 is 10.6. The van der Waals surface area contributed by atoms with E-state index in [-0.39, 0.29) is 6.29 Å². The van der Waals surface area contributed by atoms with E-state index in [1.165, 1.54) is 11.3 Å². The number of thiophene rings is 1. The van der Waals surface area contributed by atoms with Gasteiger partial charge in [-0.15, -0.1) is 11.3 Å². The molecular weight excluding hydrogens is 204 g/mol. The lowest BCUT2D eigenvalue weighted by atomic mass is 10.2. The molecule has 1 N–H and O–H groups in total. The van der Waals surface area contributed by atoms with E-state index in [0.29, 0.717) is 18.1 Å². The Morgan fingerprint density at radius 1 is 1.57 bits per heavy atom. The molecule has 0 aromatic carbocycles. The molecule has 2 heterocycles. The third kappa shape index (κ3) is 1.66. The van der Waals surface area contributed by atoms with Gasteiger partial charge in [-0.05, 0) is 18.6 Å². The van der Waals surface area contributed by atoms with Crippen LogP contribution in [0.1, 0.15) is 26.4 Å². The molecule has 0 aliphatic carbocycles. The van der Waals surface area contributed by atoms with Crippen LogP contribution in [0.5, 0.6) is 0 Å². The van der Waals surface area contributed by atoms with Gasteiger partial charge in [0.1, 0.15) is 4.88 Å². The average molecular weight is 214 g/mol. The standard InChI is InChI=1S/C9H10O4S/c1-5-4-6(9-12-2-3-13-9)14-7(5)8(10)11/h4,9H,2-3H2,1H3,(H,10,11). The van der Waals surface area contributed by atoms with E-state index in [9.17, 15) is 4.79 Å². The maximum atomic E-state index is 10.8. The number of hydrogen-bond acceptors (Lipinski definition) is 4. The summed E-state index contributed by atoms with van der Waals surface area (Å²) in [6.07, 6.45) is -0.369. The van der Waals surface area contributed by atoms with Crippen molar-refractivity contribution in [3.8, 4) is 0 Å². The van der Waals surface area contributed by atoms with Gasteiger partial charge in [-0.1, -0.05) is 0 Å². The first kappa shape index (κ1) is 9.64. The fourth-order valence-corrected chi connectivity index (χ4v) is 2.37. The normalized spacial score (nSPS) is 17.5. The molecule has 1 saturated heterocycles. The summed E-state index contributed by atoms with van der Waals surface area (Å²) in [6.45, 7) is 2.92. The number of carboxylic acids is 1. The number of hydrogen-bond donors (Lipinski definition) is 1. The SMILES string of the molecule is Cc1cc(C2OCCO2)sc1C(=O)O. The van der Waals surface area contributed by atoms with Crippen LogP contribution in [0.25, 0.3) is 0 Å². The lowest BCUT2D eigenvalue weighted by molar-refractivity contribution is -0.0413. The molecule has 76 valence electrons. The quantitative estimate of drug-likeness (QED) is 0.815. The van der Waals surface area contributed by atoms with Crippen LogP contribution in [0, 0.1) is 6.92 Å². The van der Waals surface area contributed by atoms with Crippen molar-refractivity contribution in [2.24, 2.45) is 0 Å². The Kier molecular flexibility index (Phi) is 2.54. The summed E-state index contributed by atoms with van der Waals surface area (Å²) in [7, 11) is 0. The van der Waals surface area contributed by atoms with Gasteiger partial charge in [0.25, 0.3) is 0 Å². The summed E-state index contributed by atoms with van der Waals surface area (Å²) in [5.74, 6) is -0.892. The van der Waals surface area contributed by atoms with Crippen LogP contribution in [0.3, 0.4) is 0 Å². The summed E-state index contributed by atoms with van der Waals surface area (Å²) in [5.41, 5.74) is 0.761. The lowest BCUT2D eigenvalue weighted by Gasteiger charge is -2.04. The van der Waals surface area contributed by atoms with Gasteiger partial charge in [0.15, 0.2) is 6.29 Å². The van der Waals surface area contributed by atoms with E-state index in [2.05, 4.69) is 0 Å². The summed E-state index contributed by atoms with van der Waals surface area (Å²) in [5, 5.41) is 8.85. The Labute approximate surface area is 85.1 Å². The first-order valence-corrected chi connectivity index (χ1v) is 5.07. The highest BCUT2D eigenvalue weighted by Gasteiger charge is 2.23. The minimum atomic E-state index is -0.892. The molecule has 0 radical (unpaired) electrons. The van der Waals surface area contributed by atoms with Crippen molar-refractivity contribution in [2.75, 3.05) is 13.2 Å². The molecular formula is C9H10O4S. The van der Waals surface area contributed by atoms with Gasteiger partial charge < -0.3 is 14.6 Å². The summed E-state index contributed by atoms with van der Waals surface area (Å²) in [4.78, 5) is 12.0. The second-order valence-corrected chi connectivity index (χ2v) is 4.12. The number of carbonyl (C=O) groups is 1. The third-order valence-corrected chi connectivity index (χ3v) is 3.23. The first-order valence-electron chi connectivity index (χ1n) is 4.25. The van der Waals surface area contributed by atoms with Crippen molar-refractivity contribution in [2.45, 2.75) is 13.2 Å². The minimum absolute atomic E-state index is 0.360. The Bertz CT molecular complexity index is 352. The van der Waals surface area contributed by atoms with Crippen LogP contribution in [0.15, 0.2) is 6.07 Å². The highest BCUT2D eigenvalue weighted by Crippen LogP contribution is 2.31. The molecule has 0 unspecified atom stereocenters. The van der Waals surface area contributed by atoms with E-state index in [4.69, 9.17) is 14.6 Å². The second-order valence-electron chi connectivity index (χ2n) is 3.04. The molecule has 1 aliphatic rings. The van der Waals surface area contributed by atoms with Crippen molar-refractivity contribution in [1.82, 2.24) is 0 Å². The monoisotopic (exact) mass is 214 g/mol. The molecule has 0 bridgehead atoms. The number of rotatable bonds is 2. The Hall–Kier alpha value is -0.910. The molecule has 1 fully saturated rings. The summed E-state index contributed by atoms with van der Waals surface area (Å²) >= 11 is 1.22.